The highest BCUT2D eigenvalue weighted by atomic mass is 16.5. The fourth-order valence-corrected chi connectivity index (χ4v) is 2.28. The third-order valence-corrected chi connectivity index (χ3v) is 3.42. The lowest BCUT2D eigenvalue weighted by Crippen LogP contribution is -2.05. The van der Waals surface area contributed by atoms with Crippen molar-refractivity contribution in [3.8, 4) is 11.8 Å². The molecule has 0 unspecified atom stereocenters. The third kappa shape index (κ3) is 4.71. The van der Waals surface area contributed by atoms with Gasteiger partial charge in [-0.15, -0.1) is 0 Å². The topological polar surface area (TPSA) is 82.9 Å². The quantitative estimate of drug-likeness (QED) is 0.678. The van der Waals surface area contributed by atoms with E-state index in [-0.39, 0.29) is 6.10 Å². The van der Waals surface area contributed by atoms with Gasteiger partial charge in [-0.1, -0.05) is 0 Å². The van der Waals surface area contributed by atoms with Crippen LogP contribution in [0.4, 0.5) is 23.1 Å². The van der Waals surface area contributed by atoms with Crippen molar-refractivity contribution in [3.63, 3.8) is 0 Å². The Morgan fingerprint density at radius 1 is 0.923 bits per heavy atom. The second-order valence-corrected chi connectivity index (χ2v) is 5.90. The van der Waals surface area contributed by atoms with E-state index in [1.165, 1.54) is 0 Å². The average molecular weight is 345 g/mol. The Morgan fingerprint density at radius 2 is 1.58 bits per heavy atom. The van der Waals surface area contributed by atoms with Gasteiger partial charge in [0.15, 0.2) is 0 Å². The minimum Gasteiger partial charge on any atom is -0.491 e. The van der Waals surface area contributed by atoms with E-state index >= 15 is 0 Å². The lowest BCUT2D eigenvalue weighted by atomic mass is 10.2. The largest absolute Gasteiger partial charge is 0.491 e. The lowest BCUT2D eigenvalue weighted by Gasteiger charge is -2.11. The number of aromatic nitrogens is 2. The summed E-state index contributed by atoms with van der Waals surface area (Å²) in [6.07, 6.45) is 1.82. The second-order valence-electron chi connectivity index (χ2n) is 5.90. The molecule has 6 nitrogen and oxygen atoms in total. The Balaban J connectivity index is 1.67. The van der Waals surface area contributed by atoms with Gasteiger partial charge in [0.25, 0.3) is 0 Å². The molecule has 1 heterocycles. The van der Waals surface area contributed by atoms with Crippen molar-refractivity contribution >= 4 is 23.1 Å². The molecule has 0 saturated heterocycles. The Kier molecular flexibility index (Phi) is 5.30. The first-order chi connectivity index (χ1) is 12.6. The first-order valence-corrected chi connectivity index (χ1v) is 8.26. The van der Waals surface area contributed by atoms with Crippen molar-refractivity contribution in [1.29, 1.82) is 5.26 Å². The summed E-state index contributed by atoms with van der Waals surface area (Å²) in [6.45, 7) is 3.99. The van der Waals surface area contributed by atoms with Crippen molar-refractivity contribution in [2.45, 2.75) is 20.0 Å². The van der Waals surface area contributed by atoms with Gasteiger partial charge in [0, 0.05) is 17.6 Å². The summed E-state index contributed by atoms with van der Waals surface area (Å²) < 4.78 is 5.64. The molecule has 0 saturated carbocycles. The third-order valence-electron chi connectivity index (χ3n) is 3.42. The Hall–Kier alpha value is -3.59. The summed E-state index contributed by atoms with van der Waals surface area (Å²) in [5, 5.41) is 15.2. The van der Waals surface area contributed by atoms with Gasteiger partial charge >= 0.3 is 0 Å². The lowest BCUT2D eigenvalue weighted by molar-refractivity contribution is 0.242. The monoisotopic (exact) mass is 345 g/mol. The van der Waals surface area contributed by atoms with Crippen molar-refractivity contribution in [1.82, 2.24) is 9.97 Å². The van der Waals surface area contributed by atoms with Gasteiger partial charge in [-0.05, 0) is 68.4 Å². The minimum absolute atomic E-state index is 0.145. The highest BCUT2D eigenvalue weighted by Crippen LogP contribution is 2.21. The molecule has 2 N–H and O–H groups in total. The molecule has 1 aromatic heterocycles. The molecule has 0 bridgehead atoms. The molecule has 130 valence electrons. The van der Waals surface area contributed by atoms with Crippen molar-refractivity contribution < 1.29 is 4.74 Å². The van der Waals surface area contributed by atoms with E-state index in [1.54, 1.807) is 24.4 Å². The number of hydrogen-bond acceptors (Lipinski definition) is 6. The number of ether oxygens (including phenoxy) is 1. The fourth-order valence-electron chi connectivity index (χ4n) is 2.28. The van der Waals surface area contributed by atoms with Crippen molar-refractivity contribution in [2.75, 3.05) is 10.6 Å². The molecule has 6 heteroatoms. The molecule has 26 heavy (non-hydrogen) atoms. The minimum atomic E-state index is 0.145. The Labute approximate surface area is 152 Å². The van der Waals surface area contributed by atoms with Gasteiger partial charge in [0.2, 0.25) is 5.95 Å². The number of nitriles is 1. The van der Waals surface area contributed by atoms with Crippen LogP contribution in [-0.2, 0) is 0 Å². The molecule has 0 amide bonds. The summed E-state index contributed by atoms with van der Waals surface area (Å²) in [6, 6.07) is 18.7. The SMILES string of the molecule is CC(C)Oc1ccc(Nc2ccnc(Nc3ccc(C#N)cc3)n2)cc1. The van der Waals surface area contributed by atoms with E-state index < -0.39 is 0 Å². The first-order valence-electron chi connectivity index (χ1n) is 8.26. The predicted octanol–water partition coefficient (Wildman–Crippen LogP) is 4.62. The molecule has 0 radical (unpaired) electrons. The zero-order valence-corrected chi connectivity index (χ0v) is 14.6. The molecule has 0 fully saturated rings. The molecule has 3 rings (SSSR count). The summed E-state index contributed by atoms with van der Waals surface area (Å²) >= 11 is 0. The van der Waals surface area contributed by atoms with Crippen LogP contribution in [0.25, 0.3) is 0 Å². The number of nitrogens with one attached hydrogen (secondary N) is 2. The summed E-state index contributed by atoms with van der Waals surface area (Å²) in [7, 11) is 0. The molecule has 0 atom stereocenters. The van der Waals surface area contributed by atoms with Gasteiger partial charge in [-0.2, -0.15) is 10.2 Å². The van der Waals surface area contributed by atoms with E-state index in [0.29, 0.717) is 17.3 Å². The normalized spacial score (nSPS) is 10.2. The summed E-state index contributed by atoms with van der Waals surface area (Å²) in [4.78, 5) is 8.67. The average Bonchev–Trinajstić information content (AvgIpc) is 2.64. The van der Waals surface area contributed by atoms with E-state index in [1.807, 2.05) is 50.2 Å². The van der Waals surface area contributed by atoms with Gasteiger partial charge < -0.3 is 15.4 Å². The molecular formula is C20H19N5O. The number of nitrogens with zero attached hydrogens (tertiary/aromatic N) is 3. The highest BCUT2D eigenvalue weighted by Gasteiger charge is 2.03. The summed E-state index contributed by atoms with van der Waals surface area (Å²) in [5.74, 6) is 1.98. The number of anilines is 4. The van der Waals surface area contributed by atoms with E-state index in [9.17, 15) is 0 Å². The van der Waals surface area contributed by atoms with Crippen LogP contribution in [0.1, 0.15) is 19.4 Å². The highest BCUT2D eigenvalue weighted by molar-refractivity contribution is 5.60. The maximum atomic E-state index is 8.84. The van der Waals surface area contributed by atoms with Crippen LogP contribution in [0.5, 0.6) is 5.75 Å². The van der Waals surface area contributed by atoms with Gasteiger partial charge in [0.1, 0.15) is 11.6 Å². The van der Waals surface area contributed by atoms with Gasteiger partial charge in [-0.3, -0.25) is 0 Å². The van der Waals surface area contributed by atoms with Gasteiger partial charge in [-0.25, -0.2) is 4.98 Å². The van der Waals surface area contributed by atoms with E-state index in [0.717, 1.165) is 17.1 Å². The fraction of sp³-hybridized carbons (Fsp3) is 0.150. The van der Waals surface area contributed by atoms with E-state index in [2.05, 4.69) is 26.7 Å². The van der Waals surface area contributed by atoms with Crippen molar-refractivity contribution in [3.05, 3.63) is 66.4 Å². The van der Waals surface area contributed by atoms with Crippen LogP contribution >= 0.6 is 0 Å². The molecule has 0 aliphatic carbocycles. The molecule has 0 aliphatic rings. The predicted molar refractivity (Wildman–Crippen MR) is 102 cm³/mol. The molecule has 0 aliphatic heterocycles. The summed E-state index contributed by atoms with van der Waals surface area (Å²) in [5.41, 5.74) is 2.33. The van der Waals surface area contributed by atoms with Gasteiger partial charge in [0.05, 0.1) is 17.7 Å². The number of benzene rings is 2. The van der Waals surface area contributed by atoms with Crippen LogP contribution in [0, 0.1) is 11.3 Å². The van der Waals surface area contributed by atoms with Crippen LogP contribution in [0.3, 0.4) is 0 Å². The van der Waals surface area contributed by atoms with Crippen LogP contribution in [-0.4, -0.2) is 16.1 Å². The number of hydrogen-bond donors (Lipinski definition) is 2. The van der Waals surface area contributed by atoms with Crippen LogP contribution in [0.2, 0.25) is 0 Å². The second kappa shape index (κ2) is 7.99. The van der Waals surface area contributed by atoms with Crippen molar-refractivity contribution in [2.24, 2.45) is 0 Å². The maximum absolute atomic E-state index is 8.84. The zero-order valence-electron chi connectivity index (χ0n) is 14.6. The zero-order chi connectivity index (χ0) is 18.4. The Morgan fingerprint density at radius 3 is 2.23 bits per heavy atom. The smallest absolute Gasteiger partial charge is 0.229 e. The molecular weight excluding hydrogens is 326 g/mol. The Bertz CT molecular complexity index is 899. The number of rotatable bonds is 6. The van der Waals surface area contributed by atoms with E-state index in [4.69, 9.17) is 10.00 Å². The molecule has 3 aromatic rings. The van der Waals surface area contributed by atoms with Crippen LogP contribution < -0.4 is 15.4 Å². The standard InChI is InChI=1S/C20H19N5O/c1-14(2)26-18-9-7-16(8-10-18)23-19-11-12-22-20(25-19)24-17-5-3-15(13-21)4-6-17/h3-12,14H,1-2H3,(H2,22,23,24,25). The molecule has 0 spiro atoms. The maximum Gasteiger partial charge on any atom is 0.229 e. The first kappa shape index (κ1) is 17.2. The van der Waals surface area contributed by atoms with Crippen LogP contribution in [0.15, 0.2) is 60.8 Å². The molecule has 2 aromatic carbocycles.